The highest BCUT2D eigenvalue weighted by Crippen LogP contribution is 2.28. The van der Waals surface area contributed by atoms with Crippen molar-refractivity contribution in [2.45, 2.75) is 38.5 Å². The van der Waals surface area contributed by atoms with Crippen LogP contribution < -0.4 is 0 Å². The number of likely N-dealkylation sites (tertiary alicyclic amines) is 1. The van der Waals surface area contributed by atoms with Gasteiger partial charge in [0.1, 0.15) is 0 Å². The van der Waals surface area contributed by atoms with Crippen molar-refractivity contribution in [2.75, 3.05) is 13.1 Å². The highest BCUT2D eigenvalue weighted by atomic mass is 16.2. The van der Waals surface area contributed by atoms with E-state index < -0.39 is 0 Å². The number of aromatic nitrogens is 1. The van der Waals surface area contributed by atoms with Crippen LogP contribution in [0.3, 0.4) is 0 Å². The summed E-state index contributed by atoms with van der Waals surface area (Å²) in [6.07, 6.45) is 4.30. The zero-order valence-electron chi connectivity index (χ0n) is 16.3. The Morgan fingerprint density at radius 2 is 1.79 bits per heavy atom. The van der Waals surface area contributed by atoms with Gasteiger partial charge in [-0.25, -0.2) is 0 Å². The van der Waals surface area contributed by atoms with Crippen molar-refractivity contribution >= 4 is 22.6 Å². The Morgan fingerprint density at radius 3 is 2.54 bits per heavy atom. The van der Waals surface area contributed by atoms with Crippen molar-refractivity contribution in [3.8, 4) is 0 Å². The summed E-state index contributed by atoms with van der Waals surface area (Å²) in [5.41, 5.74) is 4.13. The highest BCUT2D eigenvalue weighted by Gasteiger charge is 2.24. The average molecular weight is 374 g/mol. The number of aromatic amines is 1. The van der Waals surface area contributed by atoms with Gasteiger partial charge in [-0.05, 0) is 43.4 Å². The van der Waals surface area contributed by atoms with E-state index >= 15 is 0 Å². The van der Waals surface area contributed by atoms with E-state index in [4.69, 9.17) is 0 Å². The number of ketones is 1. The molecule has 0 atom stereocenters. The van der Waals surface area contributed by atoms with Gasteiger partial charge in [-0.15, -0.1) is 0 Å². The molecule has 1 aliphatic rings. The monoisotopic (exact) mass is 374 g/mol. The Balaban J connectivity index is 1.32. The van der Waals surface area contributed by atoms with Gasteiger partial charge in [0, 0.05) is 48.6 Å². The van der Waals surface area contributed by atoms with Crippen molar-refractivity contribution in [1.29, 1.82) is 0 Å². The molecule has 1 aromatic heterocycles. The van der Waals surface area contributed by atoms with Gasteiger partial charge >= 0.3 is 0 Å². The van der Waals surface area contributed by atoms with Gasteiger partial charge in [0.2, 0.25) is 5.91 Å². The normalized spacial score (nSPS) is 15.1. The molecule has 1 N–H and O–H groups in total. The fourth-order valence-electron chi connectivity index (χ4n) is 4.17. The second-order valence-corrected chi connectivity index (χ2v) is 7.74. The lowest BCUT2D eigenvalue weighted by molar-refractivity contribution is -0.132. The number of carbonyl (C=O) groups is 2. The number of hydrogen-bond acceptors (Lipinski definition) is 2. The molecule has 144 valence electrons. The first-order valence-electron chi connectivity index (χ1n) is 10.1. The number of H-pyrrole nitrogens is 1. The third-order valence-corrected chi connectivity index (χ3v) is 5.82. The Kier molecular flexibility index (Phi) is 5.29. The van der Waals surface area contributed by atoms with Crippen LogP contribution in [0.25, 0.3) is 10.9 Å². The molecular formula is C24H26N2O2. The number of nitrogens with zero attached hydrogens (tertiary/aromatic N) is 1. The standard InChI is InChI=1S/C24H26N2O2/c1-17-7-8-22-20(15-17)21(16-25-22)23(27)9-10-24(28)26-13-11-19(12-14-26)18-5-3-2-4-6-18/h2-8,15-16,19,25H,9-14H2,1H3. The van der Waals surface area contributed by atoms with Gasteiger partial charge in [-0.1, -0.05) is 42.0 Å². The highest BCUT2D eigenvalue weighted by molar-refractivity contribution is 6.08. The summed E-state index contributed by atoms with van der Waals surface area (Å²) in [7, 11) is 0. The molecule has 2 heterocycles. The van der Waals surface area contributed by atoms with Crippen molar-refractivity contribution in [3.05, 3.63) is 71.4 Å². The summed E-state index contributed by atoms with van der Waals surface area (Å²) in [6, 6.07) is 16.6. The van der Waals surface area contributed by atoms with Crippen LogP contribution in [0.4, 0.5) is 0 Å². The van der Waals surface area contributed by atoms with Crippen LogP contribution >= 0.6 is 0 Å². The van der Waals surface area contributed by atoms with Crippen LogP contribution in [0.1, 0.15) is 53.1 Å². The Labute approximate surface area is 165 Å². The SMILES string of the molecule is Cc1ccc2[nH]cc(C(=O)CCC(=O)N3CCC(c4ccccc4)CC3)c2c1. The smallest absolute Gasteiger partial charge is 0.223 e. The maximum Gasteiger partial charge on any atom is 0.223 e. The number of nitrogens with one attached hydrogen (secondary N) is 1. The first kappa shape index (κ1) is 18.5. The summed E-state index contributed by atoms with van der Waals surface area (Å²) in [4.78, 5) is 30.3. The van der Waals surface area contributed by atoms with Crippen LogP contribution in [0.5, 0.6) is 0 Å². The molecule has 0 radical (unpaired) electrons. The van der Waals surface area contributed by atoms with Gasteiger partial charge in [0.05, 0.1) is 0 Å². The zero-order valence-corrected chi connectivity index (χ0v) is 16.3. The van der Waals surface area contributed by atoms with Crippen LogP contribution in [-0.4, -0.2) is 34.7 Å². The van der Waals surface area contributed by atoms with Gasteiger partial charge in [-0.2, -0.15) is 0 Å². The second kappa shape index (κ2) is 8.01. The summed E-state index contributed by atoms with van der Waals surface area (Å²) in [5, 5.41) is 0.945. The molecule has 1 fully saturated rings. The number of amides is 1. The number of rotatable bonds is 5. The van der Waals surface area contributed by atoms with E-state index in [9.17, 15) is 9.59 Å². The first-order valence-corrected chi connectivity index (χ1v) is 10.1. The molecule has 2 aromatic carbocycles. The maximum absolute atomic E-state index is 12.7. The first-order chi connectivity index (χ1) is 13.6. The molecular weight excluding hydrogens is 348 g/mol. The van der Waals surface area contributed by atoms with Gasteiger partial charge in [0.15, 0.2) is 5.78 Å². The van der Waals surface area contributed by atoms with Crippen LogP contribution in [-0.2, 0) is 4.79 Å². The number of hydrogen-bond donors (Lipinski definition) is 1. The maximum atomic E-state index is 12.7. The summed E-state index contributed by atoms with van der Waals surface area (Å²) < 4.78 is 0. The van der Waals surface area contributed by atoms with E-state index in [2.05, 4.69) is 29.2 Å². The fraction of sp³-hybridized carbons (Fsp3) is 0.333. The molecule has 1 amide bonds. The minimum atomic E-state index is 0.0318. The molecule has 1 saturated heterocycles. The molecule has 1 aliphatic heterocycles. The Morgan fingerprint density at radius 1 is 1.04 bits per heavy atom. The van der Waals surface area contributed by atoms with E-state index in [0.717, 1.165) is 42.4 Å². The third kappa shape index (κ3) is 3.86. The number of piperidine rings is 1. The molecule has 0 aliphatic carbocycles. The van der Waals surface area contributed by atoms with E-state index in [1.807, 2.05) is 36.1 Å². The fourth-order valence-corrected chi connectivity index (χ4v) is 4.17. The van der Waals surface area contributed by atoms with Crippen molar-refractivity contribution in [3.63, 3.8) is 0 Å². The Hall–Kier alpha value is -2.88. The van der Waals surface area contributed by atoms with Crippen LogP contribution in [0.15, 0.2) is 54.7 Å². The Bertz CT molecular complexity index is 982. The largest absolute Gasteiger partial charge is 0.360 e. The lowest BCUT2D eigenvalue weighted by Gasteiger charge is -2.32. The number of carbonyl (C=O) groups excluding carboxylic acids is 2. The van der Waals surface area contributed by atoms with E-state index in [1.165, 1.54) is 5.56 Å². The van der Waals surface area contributed by atoms with E-state index in [0.29, 0.717) is 11.5 Å². The molecule has 4 heteroatoms. The van der Waals surface area contributed by atoms with Crippen LogP contribution in [0, 0.1) is 6.92 Å². The van der Waals surface area contributed by atoms with E-state index in [1.54, 1.807) is 6.20 Å². The van der Waals surface area contributed by atoms with Crippen molar-refractivity contribution < 1.29 is 9.59 Å². The second-order valence-electron chi connectivity index (χ2n) is 7.74. The van der Waals surface area contributed by atoms with Crippen LogP contribution in [0.2, 0.25) is 0 Å². The minimum absolute atomic E-state index is 0.0318. The molecule has 0 spiro atoms. The predicted octanol–water partition coefficient (Wildman–Crippen LogP) is 4.85. The molecule has 4 rings (SSSR count). The lowest BCUT2D eigenvalue weighted by Crippen LogP contribution is -2.38. The van der Waals surface area contributed by atoms with Gasteiger partial charge in [0.25, 0.3) is 0 Å². The number of fused-ring (bicyclic) bond motifs is 1. The molecule has 0 saturated carbocycles. The van der Waals surface area contributed by atoms with Gasteiger partial charge < -0.3 is 9.88 Å². The predicted molar refractivity (Wildman–Crippen MR) is 112 cm³/mol. The molecule has 28 heavy (non-hydrogen) atoms. The van der Waals surface area contributed by atoms with Crippen molar-refractivity contribution in [1.82, 2.24) is 9.88 Å². The topological polar surface area (TPSA) is 53.2 Å². The average Bonchev–Trinajstić information content (AvgIpc) is 3.15. The van der Waals surface area contributed by atoms with Crippen molar-refractivity contribution in [2.24, 2.45) is 0 Å². The number of aryl methyl sites for hydroxylation is 1. The number of Topliss-reactive ketones (excluding diaryl/α,β-unsaturated/α-hetero) is 1. The number of benzene rings is 2. The quantitative estimate of drug-likeness (QED) is 0.649. The summed E-state index contributed by atoms with van der Waals surface area (Å²) >= 11 is 0. The molecule has 4 nitrogen and oxygen atoms in total. The zero-order chi connectivity index (χ0) is 19.5. The lowest BCUT2D eigenvalue weighted by atomic mass is 9.89. The van der Waals surface area contributed by atoms with E-state index in [-0.39, 0.29) is 24.5 Å². The molecule has 0 bridgehead atoms. The summed E-state index contributed by atoms with van der Waals surface area (Å²) in [5.74, 6) is 0.654. The summed E-state index contributed by atoms with van der Waals surface area (Å²) in [6.45, 7) is 3.57. The third-order valence-electron chi connectivity index (χ3n) is 5.82. The molecule has 0 unspecified atom stereocenters. The molecule has 3 aromatic rings. The van der Waals surface area contributed by atoms with Gasteiger partial charge in [-0.3, -0.25) is 9.59 Å². The minimum Gasteiger partial charge on any atom is -0.360 e.